The molecule has 0 atom stereocenters. The lowest BCUT2D eigenvalue weighted by Crippen LogP contribution is -2.24. The molecule has 2 aromatic heterocycles. The molecule has 0 aliphatic rings. The summed E-state index contributed by atoms with van der Waals surface area (Å²) in [5.74, 6) is -1.15. The minimum atomic E-state index is -0.824. The fourth-order valence-electron chi connectivity index (χ4n) is 1.39. The highest BCUT2D eigenvalue weighted by Crippen LogP contribution is 2.25. The maximum absolute atomic E-state index is 11.5. The van der Waals surface area contributed by atoms with E-state index in [2.05, 4.69) is 9.73 Å². The van der Waals surface area contributed by atoms with E-state index in [0.717, 1.165) is 17.6 Å². The first-order chi connectivity index (χ1) is 9.52. The zero-order valence-corrected chi connectivity index (χ0v) is 11.0. The number of aliphatic imine (C=N–C) groups is 1. The Hall–Kier alpha value is -2.68. The smallest absolute Gasteiger partial charge is 0.350 e. The molecule has 9 heteroatoms. The van der Waals surface area contributed by atoms with Gasteiger partial charge >= 0.3 is 11.7 Å². The van der Waals surface area contributed by atoms with Crippen molar-refractivity contribution in [2.45, 2.75) is 0 Å². The lowest BCUT2D eigenvalue weighted by molar-refractivity contribution is 0.0607. The van der Waals surface area contributed by atoms with Crippen molar-refractivity contribution in [3.63, 3.8) is 0 Å². The topological polar surface area (TPSA) is 125 Å². The van der Waals surface area contributed by atoms with Gasteiger partial charge in [0, 0.05) is 6.21 Å². The summed E-state index contributed by atoms with van der Waals surface area (Å²) in [7, 11) is 1.24. The normalized spacial score (nSPS) is 10.8. The number of ether oxygens (including phenoxy) is 1. The maximum Gasteiger partial charge on any atom is 0.350 e. The molecule has 0 aliphatic heterocycles. The van der Waals surface area contributed by atoms with Gasteiger partial charge in [0.05, 0.1) is 12.8 Å². The number of hydrogen-bond donors (Lipinski definition) is 3. The summed E-state index contributed by atoms with van der Waals surface area (Å²) in [5.41, 5.74) is -1.53. The Kier molecular flexibility index (Phi) is 3.80. The highest BCUT2D eigenvalue weighted by atomic mass is 32.1. The predicted octanol–water partition coefficient (Wildman–Crippen LogP) is 0.367. The second kappa shape index (κ2) is 5.53. The van der Waals surface area contributed by atoms with Gasteiger partial charge in [0.1, 0.15) is 10.4 Å². The van der Waals surface area contributed by atoms with Crippen molar-refractivity contribution in [1.82, 2.24) is 9.97 Å². The van der Waals surface area contributed by atoms with E-state index < -0.39 is 23.1 Å². The third-order valence-electron chi connectivity index (χ3n) is 2.31. The third-order valence-corrected chi connectivity index (χ3v) is 3.19. The van der Waals surface area contributed by atoms with Crippen LogP contribution >= 0.6 is 11.3 Å². The van der Waals surface area contributed by atoms with Crippen molar-refractivity contribution >= 4 is 29.2 Å². The van der Waals surface area contributed by atoms with Crippen LogP contribution in [0.2, 0.25) is 0 Å². The van der Waals surface area contributed by atoms with Crippen molar-refractivity contribution in [3.05, 3.63) is 42.7 Å². The highest BCUT2D eigenvalue weighted by molar-refractivity contribution is 7.12. The number of hydrogen-bond acceptors (Lipinski definition) is 7. The second-order valence-electron chi connectivity index (χ2n) is 3.56. The number of nitrogens with zero attached hydrogens (tertiary/aromatic N) is 1. The molecular weight excluding hydrogens is 286 g/mol. The highest BCUT2D eigenvalue weighted by Gasteiger charge is 2.13. The molecule has 2 aromatic rings. The number of aromatic amines is 2. The number of methoxy groups -OCH3 is 1. The summed E-state index contributed by atoms with van der Waals surface area (Å²) < 4.78 is 4.58. The van der Waals surface area contributed by atoms with E-state index in [4.69, 9.17) is 0 Å². The molecule has 3 N–H and O–H groups in total. The Morgan fingerprint density at radius 1 is 1.45 bits per heavy atom. The summed E-state index contributed by atoms with van der Waals surface area (Å²) in [5, 5.41) is 11.1. The number of nitrogens with one attached hydrogen (secondary N) is 2. The fourth-order valence-corrected chi connectivity index (χ4v) is 2.14. The van der Waals surface area contributed by atoms with Crippen molar-refractivity contribution in [3.8, 4) is 5.88 Å². The van der Waals surface area contributed by atoms with E-state index in [0.29, 0.717) is 5.69 Å². The zero-order valence-electron chi connectivity index (χ0n) is 10.2. The van der Waals surface area contributed by atoms with E-state index in [9.17, 15) is 19.5 Å². The predicted molar refractivity (Wildman–Crippen MR) is 72.3 cm³/mol. The first-order valence-electron chi connectivity index (χ1n) is 5.28. The van der Waals surface area contributed by atoms with Crippen LogP contribution in [0.25, 0.3) is 0 Å². The van der Waals surface area contributed by atoms with Crippen LogP contribution in [0.5, 0.6) is 5.88 Å². The van der Waals surface area contributed by atoms with Crippen molar-refractivity contribution in [2.24, 2.45) is 4.99 Å². The van der Waals surface area contributed by atoms with Gasteiger partial charge in [-0.15, -0.1) is 11.3 Å². The van der Waals surface area contributed by atoms with Crippen LogP contribution in [0.4, 0.5) is 5.69 Å². The summed E-state index contributed by atoms with van der Waals surface area (Å²) >= 11 is 1.13. The van der Waals surface area contributed by atoms with Gasteiger partial charge in [-0.1, -0.05) is 0 Å². The SMILES string of the molecule is COC(=O)c1sccc1N=Cc1c(O)[nH]c(=O)[nH]c1=O. The van der Waals surface area contributed by atoms with Crippen molar-refractivity contribution < 1.29 is 14.6 Å². The Labute approximate surface area is 115 Å². The number of H-pyrrole nitrogens is 2. The number of thiophene rings is 1. The molecule has 2 rings (SSSR count). The van der Waals surface area contributed by atoms with Gasteiger partial charge in [0.25, 0.3) is 5.56 Å². The first-order valence-corrected chi connectivity index (χ1v) is 6.16. The number of esters is 1. The third kappa shape index (κ3) is 2.67. The average Bonchev–Trinajstić information content (AvgIpc) is 2.85. The summed E-state index contributed by atoms with van der Waals surface area (Å²) in [6.45, 7) is 0. The van der Waals surface area contributed by atoms with E-state index in [1.54, 1.807) is 11.4 Å². The number of aromatic nitrogens is 2. The molecule has 0 amide bonds. The molecule has 0 aliphatic carbocycles. The average molecular weight is 295 g/mol. The van der Waals surface area contributed by atoms with E-state index >= 15 is 0 Å². The van der Waals surface area contributed by atoms with Gasteiger partial charge in [-0.2, -0.15) is 0 Å². The molecule has 0 aromatic carbocycles. The van der Waals surface area contributed by atoms with Gasteiger partial charge in [0.2, 0.25) is 5.88 Å². The molecule has 0 fully saturated rings. The molecule has 0 radical (unpaired) electrons. The second-order valence-corrected chi connectivity index (χ2v) is 4.47. The monoisotopic (exact) mass is 295 g/mol. The van der Waals surface area contributed by atoms with Gasteiger partial charge in [-0.3, -0.25) is 19.8 Å². The van der Waals surface area contributed by atoms with Crippen molar-refractivity contribution in [1.29, 1.82) is 0 Å². The molecule has 0 saturated carbocycles. The lowest BCUT2D eigenvalue weighted by atomic mass is 10.3. The van der Waals surface area contributed by atoms with Crippen LogP contribution in [0.15, 0.2) is 26.0 Å². The van der Waals surface area contributed by atoms with Crippen molar-refractivity contribution in [2.75, 3.05) is 7.11 Å². The molecule has 2 heterocycles. The minimum Gasteiger partial charge on any atom is -0.494 e. The van der Waals surface area contributed by atoms with Crippen LogP contribution in [0.1, 0.15) is 15.2 Å². The summed E-state index contributed by atoms with van der Waals surface area (Å²) in [6, 6.07) is 1.56. The van der Waals surface area contributed by atoms with E-state index in [1.165, 1.54) is 7.11 Å². The molecular formula is C11H9N3O5S. The molecule has 0 saturated heterocycles. The Balaban J connectivity index is 2.41. The molecule has 0 bridgehead atoms. The molecule has 0 spiro atoms. The van der Waals surface area contributed by atoms with Gasteiger partial charge < -0.3 is 9.84 Å². The van der Waals surface area contributed by atoms with Crippen LogP contribution in [-0.2, 0) is 4.74 Å². The van der Waals surface area contributed by atoms with E-state index in [-0.39, 0.29) is 10.4 Å². The maximum atomic E-state index is 11.5. The number of carbonyl (C=O) groups is 1. The molecule has 0 unspecified atom stereocenters. The van der Waals surface area contributed by atoms with Crippen LogP contribution in [0, 0.1) is 0 Å². The lowest BCUT2D eigenvalue weighted by Gasteiger charge is -1.98. The fraction of sp³-hybridized carbons (Fsp3) is 0.0909. The number of rotatable bonds is 3. The van der Waals surface area contributed by atoms with Gasteiger partial charge in [-0.05, 0) is 11.4 Å². The Bertz CT molecular complexity index is 786. The standard InChI is InChI=1S/C11H9N3O5S/c1-19-10(17)7-6(2-3-20-7)12-4-5-8(15)13-11(18)14-9(5)16/h2-4H,1H3,(H3,13,14,15,16,18). The zero-order chi connectivity index (χ0) is 14.7. The number of aromatic hydroxyl groups is 1. The van der Waals surface area contributed by atoms with Crippen LogP contribution in [-0.4, -0.2) is 34.4 Å². The molecule has 20 heavy (non-hydrogen) atoms. The quantitative estimate of drug-likeness (QED) is 0.557. The van der Waals surface area contributed by atoms with Gasteiger partial charge in [-0.25, -0.2) is 9.59 Å². The first kappa shape index (κ1) is 13.7. The summed E-state index contributed by atoms with van der Waals surface area (Å²) in [4.78, 5) is 42.0. The largest absolute Gasteiger partial charge is 0.494 e. The minimum absolute atomic E-state index is 0.216. The number of carbonyl (C=O) groups excluding carboxylic acids is 1. The van der Waals surface area contributed by atoms with E-state index in [1.807, 2.05) is 9.97 Å². The van der Waals surface area contributed by atoms with Crippen LogP contribution in [0.3, 0.4) is 0 Å². The van der Waals surface area contributed by atoms with Crippen LogP contribution < -0.4 is 11.2 Å². The Morgan fingerprint density at radius 2 is 2.20 bits per heavy atom. The molecule has 104 valence electrons. The molecule has 8 nitrogen and oxygen atoms in total. The van der Waals surface area contributed by atoms with Gasteiger partial charge in [0.15, 0.2) is 0 Å². The summed E-state index contributed by atoms with van der Waals surface area (Å²) in [6.07, 6.45) is 1.05. The Morgan fingerprint density at radius 3 is 2.85 bits per heavy atom.